The zero-order valence-electron chi connectivity index (χ0n) is 14.3. The second kappa shape index (κ2) is 7.46. The molecule has 0 aliphatic rings. The Balaban J connectivity index is 1.82. The second-order valence-corrected chi connectivity index (χ2v) is 5.82. The van der Waals surface area contributed by atoms with Gasteiger partial charge in [0.05, 0.1) is 6.20 Å². The van der Waals surface area contributed by atoms with Gasteiger partial charge in [0, 0.05) is 17.8 Å². The van der Waals surface area contributed by atoms with Gasteiger partial charge in [0.15, 0.2) is 12.1 Å². The Morgan fingerprint density at radius 2 is 1.92 bits per heavy atom. The van der Waals surface area contributed by atoms with Crippen LogP contribution in [0.2, 0.25) is 0 Å². The molecule has 2 N–H and O–H groups in total. The second-order valence-electron chi connectivity index (χ2n) is 5.82. The number of hydrogen-bond acceptors (Lipinski definition) is 5. The molecule has 0 amide bonds. The molecule has 25 heavy (non-hydrogen) atoms. The van der Waals surface area contributed by atoms with E-state index in [1.54, 1.807) is 18.3 Å². The number of hydrogen-bond donors (Lipinski definition) is 2. The number of nitrogens with zero attached hydrogens (tertiary/aromatic N) is 3. The van der Waals surface area contributed by atoms with Crippen LogP contribution in [-0.4, -0.2) is 25.0 Å². The zero-order chi connectivity index (χ0) is 17.8. The summed E-state index contributed by atoms with van der Waals surface area (Å²) in [6.45, 7) is 4.63. The number of aliphatic hydroxyl groups excluding tert-OH is 1. The van der Waals surface area contributed by atoms with Crippen LogP contribution in [0.4, 0.5) is 0 Å². The highest BCUT2D eigenvalue weighted by molar-refractivity contribution is 5.33. The van der Waals surface area contributed by atoms with Gasteiger partial charge < -0.3 is 14.9 Å². The predicted octanol–water partition coefficient (Wildman–Crippen LogP) is 2.70. The number of aryl methyl sites for hydroxylation is 2. The van der Waals surface area contributed by atoms with Crippen LogP contribution in [0.1, 0.15) is 35.5 Å². The van der Waals surface area contributed by atoms with E-state index in [9.17, 15) is 10.2 Å². The van der Waals surface area contributed by atoms with Crippen molar-refractivity contribution in [1.82, 2.24) is 14.8 Å². The molecule has 2 aromatic heterocycles. The van der Waals surface area contributed by atoms with Crippen LogP contribution in [0.5, 0.6) is 5.88 Å². The van der Waals surface area contributed by atoms with Crippen molar-refractivity contribution in [2.24, 2.45) is 0 Å². The summed E-state index contributed by atoms with van der Waals surface area (Å²) in [5, 5.41) is 22.8. The zero-order valence-corrected chi connectivity index (χ0v) is 14.3. The summed E-state index contributed by atoms with van der Waals surface area (Å²) in [5.74, 6) is 1.00. The van der Waals surface area contributed by atoms with Crippen LogP contribution in [0, 0.1) is 6.92 Å². The van der Waals surface area contributed by atoms with Gasteiger partial charge in [0.25, 0.3) is 0 Å². The summed E-state index contributed by atoms with van der Waals surface area (Å²) in [7, 11) is 0. The van der Waals surface area contributed by atoms with E-state index in [-0.39, 0.29) is 0 Å². The molecule has 0 fully saturated rings. The van der Waals surface area contributed by atoms with E-state index in [2.05, 4.69) is 42.1 Å². The van der Waals surface area contributed by atoms with Crippen molar-refractivity contribution >= 4 is 0 Å². The summed E-state index contributed by atoms with van der Waals surface area (Å²) in [4.78, 5) is 4.22. The lowest BCUT2D eigenvalue weighted by Gasteiger charge is -2.12. The summed E-state index contributed by atoms with van der Waals surface area (Å²) >= 11 is 0. The third-order valence-corrected chi connectivity index (χ3v) is 4.01. The Labute approximate surface area is 146 Å². The summed E-state index contributed by atoms with van der Waals surface area (Å²) in [6, 6.07) is 11.2. The normalized spacial score (nSPS) is 11.1. The van der Waals surface area contributed by atoms with E-state index in [1.807, 2.05) is 0 Å². The van der Waals surface area contributed by atoms with E-state index >= 15 is 0 Å². The van der Waals surface area contributed by atoms with E-state index in [4.69, 9.17) is 4.74 Å². The Hall–Kier alpha value is -2.70. The fourth-order valence-corrected chi connectivity index (χ4v) is 2.66. The maximum atomic E-state index is 9.31. The standard InChI is InChI=1S/C19H21N3O3/c1-3-14-10-13(2)4-5-16(14)12-25-18-7-9-21-22(18)17-11-15(19(23)24)6-8-20-17/h4-11,19,23-24H,3,12H2,1-2H3. The van der Waals surface area contributed by atoms with Gasteiger partial charge in [-0.15, -0.1) is 0 Å². The Morgan fingerprint density at radius 3 is 2.68 bits per heavy atom. The average molecular weight is 339 g/mol. The molecule has 0 spiro atoms. The van der Waals surface area contributed by atoms with E-state index < -0.39 is 6.29 Å². The van der Waals surface area contributed by atoms with Crippen molar-refractivity contribution in [2.75, 3.05) is 0 Å². The van der Waals surface area contributed by atoms with Gasteiger partial charge in [-0.25, -0.2) is 4.98 Å². The molecule has 6 heteroatoms. The number of aliphatic hydroxyl groups is 2. The lowest BCUT2D eigenvalue weighted by atomic mass is 10.0. The molecular weight excluding hydrogens is 318 g/mol. The molecule has 0 unspecified atom stereocenters. The summed E-state index contributed by atoms with van der Waals surface area (Å²) in [5.41, 5.74) is 3.97. The fourth-order valence-electron chi connectivity index (χ4n) is 2.66. The van der Waals surface area contributed by atoms with E-state index in [0.717, 1.165) is 12.0 Å². The molecule has 3 aromatic rings. The lowest BCUT2D eigenvalue weighted by Crippen LogP contribution is -2.07. The van der Waals surface area contributed by atoms with Gasteiger partial charge in [0.1, 0.15) is 6.61 Å². The van der Waals surface area contributed by atoms with Crippen LogP contribution in [0.3, 0.4) is 0 Å². The third kappa shape index (κ3) is 3.87. The first-order chi connectivity index (χ1) is 12.1. The van der Waals surface area contributed by atoms with Crippen LogP contribution in [0.25, 0.3) is 5.82 Å². The molecule has 0 atom stereocenters. The molecule has 0 radical (unpaired) electrons. The Morgan fingerprint density at radius 1 is 1.08 bits per heavy atom. The minimum Gasteiger partial charge on any atom is -0.473 e. The molecule has 0 aliphatic carbocycles. The van der Waals surface area contributed by atoms with Crippen molar-refractivity contribution < 1.29 is 14.9 Å². The van der Waals surface area contributed by atoms with Crippen molar-refractivity contribution in [2.45, 2.75) is 33.2 Å². The SMILES string of the molecule is CCc1cc(C)ccc1COc1ccnn1-c1cc(C(O)O)ccn1. The van der Waals surface area contributed by atoms with Crippen LogP contribution in [0.15, 0.2) is 48.8 Å². The molecule has 0 saturated carbocycles. The molecule has 0 bridgehead atoms. The van der Waals surface area contributed by atoms with E-state index in [0.29, 0.717) is 23.9 Å². The van der Waals surface area contributed by atoms with Gasteiger partial charge in [-0.3, -0.25) is 0 Å². The number of aromatic nitrogens is 3. The van der Waals surface area contributed by atoms with Crippen molar-refractivity contribution in [3.05, 3.63) is 71.0 Å². The van der Waals surface area contributed by atoms with Crippen LogP contribution in [-0.2, 0) is 13.0 Å². The van der Waals surface area contributed by atoms with Gasteiger partial charge in [0.2, 0.25) is 5.88 Å². The minimum atomic E-state index is -1.55. The maximum Gasteiger partial charge on any atom is 0.218 e. The molecule has 1 aromatic carbocycles. The largest absolute Gasteiger partial charge is 0.473 e. The molecular formula is C19H21N3O3. The first-order valence-corrected chi connectivity index (χ1v) is 8.16. The Bertz CT molecular complexity index is 859. The number of benzene rings is 1. The van der Waals surface area contributed by atoms with Gasteiger partial charge in [-0.05, 0) is 36.6 Å². The van der Waals surface area contributed by atoms with Crippen LogP contribution < -0.4 is 4.74 Å². The monoisotopic (exact) mass is 339 g/mol. The highest BCUT2D eigenvalue weighted by Crippen LogP contribution is 2.20. The smallest absolute Gasteiger partial charge is 0.218 e. The summed E-state index contributed by atoms with van der Waals surface area (Å²) < 4.78 is 7.47. The average Bonchev–Trinajstić information content (AvgIpc) is 3.09. The van der Waals surface area contributed by atoms with Crippen molar-refractivity contribution in [3.63, 3.8) is 0 Å². The molecule has 0 aliphatic heterocycles. The van der Waals surface area contributed by atoms with Crippen molar-refractivity contribution in [3.8, 4) is 11.7 Å². The highest BCUT2D eigenvalue weighted by Gasteiger charge is 2.11. The molecule has 2 heterocycles. The lowest BCUT2D eigenvalue weighted by molar-refractivity contribution is -0.0425. The molecule has 130 valence electrons. The van der Waals surface area contributed by atoms with E-state index in [1.165, 1.54) is 28.1 Å². The Kier molecular flexibility index (Phi) is 5.11. The maximum absolute atomic E-state index is 9.31. The summed E-state index contributed by atoms with van der Waals surface area (Å²) in [6.07, 6.45) is 2.51. The van der Waals surface area contributed by atoms with Gasteiger partial charge in [-0.1, -0.05) is 30.7 Å². The topological polar surface area (TPSA) is 80.4 Å². The predicted molar refractivity (Wildman–Crippen MR) is 93.4 cm³/mol. The third-order valence-electron chi connectivity index (χ3n) is 4.01. The molecule has 6 nitrogen and oxygen atoms in total. The molecule has 0 saturated heterocycles. The van der Waals surface area contributed by atoms with Crippen molar-refractivity contribution in [1.29, 1.82) is 0 Å². The highest BCUT2D eigenvalue weighted by atomic mass is 16.5. The number of ether oxygens (including phenoxy) is 1. The van der Waals surface area contributed by atoms with Gasteiger partial charge in [-0.2, -0.15) is 9.78 Å². The fraction of sp³-hybridized carbons (Fsp3) is 0.263. The minimum absolute atomic E-state index is 0.346. The van der Waals surface area contributed by atoms with Crippen LogP contribution >= 0.6 is 0 Å². The number of rotatable bonds is 6. The first kappa shape index (κ1) is 17.1. The number of pyridine rings is 1. The quantitative estimate of drug-likeness (QED) is 0.675. The van der Waals surface area contributed by atoms with Gasteiger partial charge >= 0.3 is 0 Å². The molecule has 3 rings (SSSR count). The first-order valence-electron chi connectivity index (χ1n) is 8.16.